The SMILES string of the molecule is CS(=O)(=O)N1CCC(NCC2CCC=CO2)CC1. The zero-order valence-electron chi connectivity index (χ0n) is 10.8. The van der Waals surface area contributed by atoms with Crippen molar-refractivity contribution >= 4 is 10.0 Å². The van der Waals surface area contributed by atoms with E-state index in [1.807, 2.05) is 6.08 Å². The van der Waals surface area contributed by atoms with Crippen LogP contribution < -0.4 is 5.32 Å². The predicted molar refractivity (Wildman–Crippen MR) is 70.7 cm³/mol. The number of ether oxygens (including phenoxy) is 1. The molecule has 1 fully saturated rings. The Kier molecular flexibility index (Phi) is 4.64. The summed E-state index contributed by atoms with van der Waals surface area (Å²) in [7, 11) is -3.01. The van der Waals surface area contributed by atoms with Gasteiger partial charge in [-0.15, -0.1) is 0 Å². The molecule has 18 heavy (non-hydrogen) atoms. The molecule has 0 aromatic rings. The molecule has 0 aromatic heterocycles. The largest absolute Gasteiger partial charge is 0.497 e. The molecule has 6 heteroatoms. The fourth-order valence-electron chi connectivity index (χ4n) is 2.42. The molecule has 0 bridgehead atoms. The molecular formula is C12H22N2O3S. The Morgan fingerprint density at radius 3 is 2.61 bits per heavy atom. The molecule has 2 aliphatic rings. The van der Waals surface area contributed by atoms with Crippen LogP contribution in [0, 0.1) is 0 Å². The lowest BCUT2D eigenvalue weighted by Gasteiger charge is -2.32. The molecule has 1 unspecified atom stereocenters. The molecule has 0 saturated carbocycles. The second-order valence-electron chi connectivity index (χ2n) is 5.05. The molecule has 2 heterocycles. The molecule has 0 radical (unpaired) electrons. The number of hydrogen-bond acceptors (Lipinski definition) is 4. The zero-order valence-corrected chi connectivity index (χ0v) is 11.7. The van der Waals surface area contributed by atoms with Gasteiger partial charge in [0.05, 0.1) is 12.5 Å². The summed E-state index contributed by atoms with van der Waals surface area (Å²) in [5.41, 5.74) is 0. The van der Waals surface area contributed by atoms with Gasteiger partial charge in [0.25, 0.3) is 0 Å². The number of sulfonamides is 1. The Balaban J connectivity index is 1.69. The van der Waals surface area contributed by atoms with Gasteiger partial charge in [0.2, 0.25) is 10.0 Å². The van der Waals surface area contributed by atoms with Crippen LogP contribution in [0.4, 0.5) is 0 Å². The van der Waals surface area contributed by atoms with Crippen LogP contribution in [-0.2, 0) is 14.8 Å². The number of nitrogens with one attached hydrogen (secondary N) is 1. The van der Waals surface area contributed by atoms with Gasteiger partial charge in [0.15, 0.2) is 0 Å². The number of nitrogens with zero attached hydrogens (tertiary/aromatic N) is 1. The molecule has 0 aliphatic carbocycles. The van der Waals surface area contributed by atoms with Gasteiger partial charge in [-0.2, -0.15) is 0 Å². The Morgan fingerprint density at radius 1 is 1.33 bits per heavy atom. The van der Waals surface area contributed by atoms with Gasteiger partial charge in [-0.1, -0.05) is 0 Å². The summed E-state index contributed by atoms with van der Waals surface area (Å²) < 4.78 is 29.8. The van der Waals surface area contributed by atoms with Gasteiger partial charge in [-0.25, -0.2) is 12.7 Å². The maximum Gasteiger partial charge on any atom is 0.211 e. The summed E-state index contributed by atoms with van der Waals surface area (Å²) in [4.78, 5) is 0. The predicted octanol–water partition coefficient (Wildman–Crippen LogP) is 0.693. The third-order valence-corrected chi connectivity index (χ3v) is 4.88. The van der Waals surface area contributed by atoms with Gasteiger partial charge >= 0.3 is 0 Å². The Hall–Kier alpha value is -0.590. The summed E-state index contributed by atoms with van der Waals surface area (Å²) in [6, 6.07) is 0.414. The third kappa shape index (κ3) is 3.96. The molecule has 1 N–H and O–H groups in total. The van der Waals surface area contributed by atoms with E-state index in [1.165, 1.54) is 6.26 Å². The molecule has 0 aromatic carbocycles. The first-order valence-corrected chi connectivity index (χ1v) is 8.39. The van der Waals surface area contributed by atoms with Gasteiger partial charge in [0, 0.05) is 25.7 Å². The van der Waals surface area contributed by atoms with Crippen molar-refractivity contribution in [2.45, 2.75) is 37.8 Å². The van der Waals surface area contributed by atoms with Crippen molar-refractivity contribution in [1.82, 2.24) is 9.62 Å². The normalized spacial score (nSPS) is 27.1. The van der Waals surface area contributed by atoms with Crippen LogP contribution >= 0.6 is 0 Å². The number of rotatable bonds is 4. The van der Waals surface area contributed by atoms with Crippen LogP contribution in [0.5, 0.6) is 0 Å². The highest BCUT2D eigenvalue weighted by molar-refractivity contribution is 7.88. The minimum absolute atomic E-state index is 0.267. The van der Waals surface area contributed by atoms with Crippen LogP contribution in [0.25, 0.3) is 0 Å². The fraction of sp³-hybridized carbons (Fsp3) is 0.833. The van der Waals surface area contributed by atoms with Gasteiger partial charge in [-0.05, 0) is 31.8 Å². The van der Waals surface area contributed by atoms with Crippen molar-refractivity contribution in [2.75, 3.05) is 25.9 Å². The number of allylic oxidation sites excluding steroid dienone is 1. The van der Waals surface area contributed by atoms with Gasteiger partial charge in [0.1, 0.15) is 6.10 Å². The highest BCUT2D eigenvalue weighted by Gasteiger charge is 2.25. The van der Waals surface area contributed by atoms with Crippen molar-refractivity contribution in [3.05, 3.63) is 12.3 Å². The average Bonchev–Trinajstić information content (AvgIpc) is 2.37. The molecule has 5 nitrogen and oxygen atoms in total. The molecule has 0 spiro atoms. The summed E-state index contributed by atoms with van der Waals surface area (Å²) >= 11 is 0. The van der Waals surface area contributed by atoms with Crippen LogP contribution in [-0.4, -0.2) is 50.8 Å². The lowest BCUT2D eigenvalue weighted by atomic mass is 10.1. The summed E-state index contributed by atoms with van der Waals surface area (Å²) in [5.74, 6) is 0. The topological polar surface area (TPSA) is 58.6 Å². The maximum absolute atomic E-state index is 11.4. The standard InChI is InChI=1S/C12H22N2O3S/c1-18(15,16)14-7-5-11(6-8-14)13-10-12-4-2-3-9-17-12/h3,9,11-13H,2,4-8,10H2,1H3. The lowest BCUT2D eigenvalue weighted by Crippen LogP contribution is -2.46. The Labute approximate surface area is 109 Å². The summed E-state index contributed by atoms with van der Waals surface area (Å²) in [6.07, 6.45) is 9.28. The summed E-state index contributed by atoms with van der Waals surface area (Å²) in [5, 5.41) is 3.48. The van der Waals surface area contributed by atoms with Crippen LogP contribution in [0.1, 0.15) is 25.7 Å². The van der Waals surface area contributed by atoms with E-state index in [0.29, 0.717) is 19.1 Å². The van der Waals surface area contributed by atoms with Crippen LogP contribution in [0.3, 0.4) is 0 Å². The van der Waals surface area contributed by atoms with E-state index in [0.717, 1.165) is 32.2 Å². The number of hydrogen-bond donors (Lipinski definition) is 1. The van der Waals surface area contributed by atoms with E-state index in [1.54, 1.807) is 10.6 Å². The van der Waals surface area contributed by atoms with Crippen molar-refractivity contribution in [3.8, 4) is 0 Å². The molecule has 1 saturated heterocycles. The third-order valence-electron chi connectivity index (χ3n) is 3.58. The first-order valence-electron chi connectivity index (χ1n) is 6.54. The van der Waals surface area contributed by atoms with E-state index < -0.39 is 10.0 Å². The highest BCUT2D eigenvalue weighted by atomic mass is 32.2. The molecule has 2 rings (SSSR count). The molecule has 0 amide bonds. The van der Waals surface area contributed by atoms with Crippen molar-refractivity contribution in [2.24, 2.45) is 0 Å². The molecule has 1 atom stereocenters. The van der Waals surface area contributed by atoms with Crippen molar-refractivity contribution in [3.63, 3.8) is 0 Å². The van der Waals surface area contributed by atoms with E-state index in [4.69, 9.17) is 4.74 Å². The van der Waals surface area contributed by atoms with E-state index in [2.05, 4.69) is 5.32 Å². The molecular weight excluding hydrogens is 252 g/mol. The Bertz CT molecular complexity index is 386. The molecule has 2 aliphatic heterocycles. The highest BCUT2D eigenvalue weighted by Crippen LogP contribution is 2.14. The van der Waals surface area contributed by atoms with Gasteiger partial charge in [-0.3, -0.25) is 0 Å². The molecule has 104 valence electrons. The quantitative estimate of drug-likeness (QED) is 0.819. The van der Waals surface area contributed by atoms with Crippen molar-refractivity contribution < 1.29 is 13.2 Å². The van der Waals surface area contributed by atoms with Crippen LogP contribution in [0.15, 0.2) is 12.3 Å². The van der Waals surface area contributed by atoms with E-state index in [-0.39, 0.29) is 6.10 Å². The van der Waals surface area contributed by atoms with E-state index >= 15 is 0 Å². The number of piperidine rings is 1. The monoisotopic (exact) mass is 274 g/mol. The first kappa shape index (κ1) is 13.8. The van der Waals surface area contributed by atoms with E-state index in [9.17, 15) is 8.42 Å². The minimum atomic E-state index is -3.01. The second-order valence-corrected chi connectivity index (χ2v) is 7.03. The summed E-state index contributed by atoms with van der Waals surface area (Å²) in [6.45, 7) is 2.11. The Morgan fingerprint density at radius 2 is 2.06 bits per heavy atom. The fourth-order valence-corrected chi connectivity index (χ4v) is 3.30. The maximum atomic E-state index is 11.4. The van der Waals surface area contributed by atoms with Crippen LogP contribution in [0.2, 0.25) is 0 Å². The average molecular weight is 274 g/mol. The minimum Gasteiger partial charge on any atom is -0.497 e. The zero-order chi connectivity index (χ0) is 13.0. The van der Waals surface area contributed by atoms with Gasteiger partial charge < -0.3 is 10.1 Å². The second kappa shape index (κ2) is 6.04. The lowest BCUT2D eigenvalue weighted by molar-refractivity contribution is 0.116. The van der Waals surface area contributed by atoms with Crippen molar-refractivity contribution in [1.29, 1.82) is 0 Å². The first-order chi connectivity index (χ1) is 8.55. The smallest absolute Gasteiger partial charge is 0.211 e.